The van der Waals surface area contributed by atoms with E-state index in [-0.39, 0.29) is 12.1 Å². The molecular formula is C16H23NO3. The molecule has 110 valence electrons. The molecule has 4 heteroatoms. The summed E-state index contributed by atoms with van der Waals surface area (Å²) in [6.45, 7) is 9.51. The summed E-state index contributed by atoms with van der Waals surface area (Å²) in [6.07, 6.45) is 0. The van der Waals surface area contributed by atoms with E-state index in [1.807, 2.05) is 26.0 Å². The Labute approximate surface area is 120 Å². The van der Waals surface area contributed by atoms with E-state index in [1.165, 1.54) is 12.5 Å². The first-order chi connectivity index (χ1) is 9.24. The van der Waals surface area contributed by atoms with Gasteiger partial charge in [0.25, 0.3) is 0 Å². The van der Waals surface area contributed by atoms with Crippen molar-refractivity contribution in [3.8, 4) is 0 Å². The highest BCUT2D eigenvalue weighted by Crippen LogP contribution is 2.28. The minimum absolute atomic E-state index is 0.000983. The molecule has 0 radical (unpaired) electrons. The van der Waals surface area contributed by atoms with Crippen LogP contribution in [0.1, 0.15) is 51.7 Å². The fourth-order valence-corrected chi connectivity index (χ4v) is 2.15. The van der Waals surface area contributed by atoms with Crippen molar-refractivity contribution in [1.29, 1.82) is 0 Å². The lowest BCUT2D eigenvalue weighted by atomic mass is 9.85. The van der Waals surface area contributed by atoms with Gasteiger partial charge < -0.3 is 4.74 Å². The van der Waals surface area contributed by atoms with Crippen molar-refractivity contribution in [2.45, 2.75) is 46.1 Å². The number of rotatable bonds is 5. The molecule has 0 saturated heterocycles. The second kappa shape index (κ2) is 6.66. The Morgan fingerprint density at radius 3 is 2.40 bits per heavy atom. The Bertz CT molecular complexity index is 492. The molecule has 1 aromatic carbocycles. The summed E-state index contributed by atoms with van der Waals surface area (Å²) in [5.74, 6) is -0.749. The number of carbonyl (C=O) groups is 2. The lowest BCUT2D eigenvalue weighted by Gasteiger charge is -2.30. The maximum absolute atomic E-state index is 11.4. The van der Waals surface area contributed by atoms with Crippen LogP contribution in [0.15, 0.2) is 24.3 Å². The van der Waals surface area contributed by atoms with Gasteiger partial charge in [-0.25, -0.2) is 0 Å². The topological polar surface area (TPSA) is 55.4 Å². The molecule has 0 aliphatic carbocycles. The first-order valence-corrected chi connectivity index (χ1v) is 6.79. The fourth-order valence-electron chi connectivity index (χ4n) is 2.15. The fraction of sp³-hybridized carbons (Fsp3) is 0.500. The average Bonchev–Trinajstić information content (AvgIpc) is 2.36. The van der Waals surface area contributed by atoms with Crippen LogP contribution in [0, 0.1) is 0 Å². The largest absolute Gasteiger partial charge is 0.392 e. The van der Waals surface area contributed by atoms with E-state index in [1.54, 1.807) is 0 Å². The average molecular weight is 277 g/mol. The predicted octanol–water partition coefficient (Wildman–Crippen LogP) is 2.72. The van der Waals surface area contributed by atoms with Gasteiger partial charge in [0.05, 0.1) is 6.54 Å². The number of hydrogen-bond acceptors (Lipinski definition) is 4. The monoisotopic (exact) mass is 277 g/mol. The van der Waals surface area contributed by atoms with E-state index in [0.717, 1.165) is 5.56 Å². The Morgan fingerprint density at radius 2 is 1.85 bits per heavy atom. The molecule has 4 nitrogen and oxygen atoms in total. The number of nitrogens with one attached hydrogen (secondary N) is 1. The van der Waals surface area contributed by atoms with E-state index >= 15 is 0 Å². The van der Waals surface area contributed by atoms with Crippen LogP contribution in [0.4, 0.5) is 0 Å². The highest BCUT2D eigenvalue weighted by molar-refractivity contribution is 5.85. The van der Waals surface area contributed by atoms with Gasteiger partial charge in [-0.3, -0.25) is 14.9 Å². The van der Waals surface area contributed by atoms with Gasteiger partial charge >= 0.3 is 11.9 Å². The first kappa shape index (κ1) is 16.4. The second-order valence-corrected chi connectivity index (χ2v) is 5.69. The number of hydrogen-bond donors (Lipinski definition) is 1. The third-order valence-corrected chi connectivity index (χ3v) is 3.19. The summed E-state index contributed by atoms with van der Waals surface area (Å²) in [6, 6.07) is 8.15. The van der Waals surface area contributed by atoms with Crippen LogP contribution in [-0.4, -0.2) is 18.5 Å². The molecule has 0 bridgehead atoms. The van der Waals surface area contributed by atoms with E-state index in [0.29, 0.717) is 5.92 Å². The molecule has 0 saturated carbocycles. The van der Waals surface area contributed by atoms with Gasteiger partial charge in [0.2, 0.25) is 0 Å². The SMILES string of the molecule is CC(=O)OC(=O)CNC(C)(C)c1ccccc1C(C)C. The molecule has 0 atom stereocenters. The van der Waals surface area contributed by atoms with E-state index in [4.69, 9.17) is 0 Å². The van der Waals surface area contributed by atoms with Gasteiger partial charge in [-0.05, 0) is 30.9 Å². The van der Waals surface area contributed by atoms with Crippen molar-refractivity contribution >= 4 is 11.9 Å². The van der Waals surface area contributed by atoms with Gasteiger partial charge in [-0.15, -0.1) is 0 Å². The molecule has 0 fully saturated rings. The van der Waals surface area contributed by atoms with Crippen LogP contribution in [0.25, 0.3) is 0 Å². The van der Waals surface area contributed by atoms with Gasteiger partial charge in [0, 0.05) is 12.5 Å². The quantitative estimate of drug-likeness (QED) is 0.664. The molecule has 0 aliphatic rings. The Balaban J connectivity index is 2.83. The minimum atomic E-state index is -0.586. The highest BCUT2D eigenvalue weighted by Gasteiger charge is 2.24. The number of esters is 2. The Hall–Kier alpha value is -1.68. The van der Waals surface area contributed by atoms with Gasteiger partial charge in [-0.1, -0.05) is 38.1 Å². The summed E-state index contributed by atoms with van der Waals surface area (Å²) in [4.78, 5) is 22.2. The van der Waals surface area contributed by atoms with Crippen molar-refractivity contribution < 1.29 is 14.3 Å². The molecule has 1 aromatic rings. The second-order valence-electron chi connectivity index (χ2n) is 5.69. The molecule has 0 amide bonds. The maximum atomic E-state index is 11.4. The van der Waals surface area contributed by atoms with Crippen molar-refractivity contribution in [3.05, 3.63) is 35.4 Å². The van der Waals surface area contributed by atoms with Crippen LogP contribution in [-0.2, 0) is 19.9 Å². The van der Waals surface area contributed by atoms with Crippen molar-refractivity contribution in [3.63, 3.8) is 0 Å². The van der Waals surface area contributed by atoms with Crippen molar-refractivity contribution in [2.24, 2.45) is 0 Å². The lowest BCUT2D eigenvalue weighted by molar-refractivity contribution is -0.157. The third-order valence-electron chi connectivity index (χ3n) is 3.19. The van der Waals surface area contributed by atoms with Gasteiger partial charge in [0.15, 0.2) is 0 Å². The summed E-state index contributed by atoms with van der Waals surface area (Å²) in [7, 11) is 0. The van der Waals surface area contributed by atoms with Crippen LogP contribution >= 0.6 is 0 Å². The van der Waals surface area contributed by atoms with Gasteiger partial charge in [0.1, 0.15) is 0 Å². The summed E-state index contributed by atoms with van der Waals surface area (Å²) >= 11 is 0. The van der Waals surface area contributed by atoms with Crippen LogP contribution in [0.3, 0.4) is 0 Å². The number of carbonyl (C=O) groups excluding carboxylic acids is 2. The zero-order valence-electron chi connectivity index (χ0n) is 12.8. The normalized spacial score (nSPS) is 11.5. The van der Waals surface area contributed by atoms with Crippen LogP contribution in [0.2, 0.25) is 0 Å². The zero-order chi connectivity index (χ0) is 15.3. The molecule has 1 N–H and O–H groups in total. The number of benzene rings is 1. The molecule has 20 heavy (non-hydrogen) atoms. The molecule has 0 unspecified atom stereocenters. The minimum Gasteiger partial charge on any atom is -0.392 e. The summed E-state index contributed by atoms with van der Waals surface area (Å²) < 4.78 is 4.52. The number of ether oxygens (including phenoxy) is 1. The molecule has 0 spiro atoms. The molecule has 0 aromatic heterocycles. The smallest absolute Gasteiger partial charge is 0.327 e. The lowest BCUT2D eigenvalue weighted by Crippen LogP contribution is -2.41. The first-order valence-electron chi connectivity index (χ1n) is 6.79. The Morgan fingerprint density at radius 1 is 1.25 bits per heavy atom. The molecule has 1 rings (SSSR count). The summed E-state index contributed by atoms with van der Waals surface area (Å²) in [5, 5.41) is 3.15. The standard InChI is InChI=1S/C16H23NO3/c1-11(2)13-8-6-7-9-14(13)16(4,5)17-10-15(19)20-12(3)18/h6-9,11,17H,10H2,1-5H3. The van der Waals surface area contributed by atoms with E-state index in [2.05, 4.69) is 36.0 Å². The zero-order valence-corrected chi connectivity index (χ0v) is 12.8. The maximum Gasteiger partial charge on any atom is 0.327 e. The molecule has 0 heterocycles. The van der Waals surface area contributed by atoms with Crippen molar-refractivity contribution in [1.82, 2.24) is 5.32 Å². The van der Waals surface area contributed by atoms with E-state index in [9.17, 15) is 9.59 Å². The van der Waals surface area contributed by atoms with Crippen LogP contribution in [0.5, 0.6) is 0 Å². The van der Waals surface area contributed by atoms with Gasteiger partial charge in [-0.2, -0.15) is 0 Å². The van der Waals surface area contributed by atoms with Crippen LogP contribution < -0.4 is 5.32 Å². The Kier molecular flexibility index (Phi) is 5.45. The predicted molar refractivity (Wildman–Crippen MR) is 78.3 cm³/mol. The molecular weight excluding hydrogens is 254 g/mol. The van der Waals surface area contributed by atoms with E-state index < -0.39 is 11.9 Å². The highest BCUT2D eigenvalue weighted by atomic mass is 16.6. The van der Waals surface area contributed by atoms with Crippen molar-refractivity contribution in [2.75, 3.05) is 6.54 Å². The third kappa shape index (κ3) is 4.46. The summed E-state index contributed by atoms with van der Waals surface area (Å²) in [5.41, 5.74) is 2.01. The molecule has 0 aliphatic heterocycles.